The van der Waals surface area contributed by atoms with Crippen molar-refractivity contribution in [2.45, 2.75) is 52.6 Å². The average molecular weight is 362 g/mol. The van der Waals surface area contributed by atoms with Gasteiger partial charge in [0, 0.05) is 33.7 Å². The first-order valence-electron chi connectivity index (χ1n) is 9.21. The Balaban J connectivity index is 2.01. The fourth-order valence-corrected chi connectivity index (χ4v) is 3.66. The minimum absolute atomic E-state index is 0.179. The average Bonchev–Trinajstić information content (AvgIpc) is 3.12. The van der Waals surface area contributed by atoms with E-state index >= 15 is 0 Å². The molecular formula is C18H28N5O3+. The zero-order valence-corrected chi connectivity index (χ0v) is 16.3. The molecule has 8 nitrogen and oxygen atoms in total. The van der Waals surface area contributed by atoms with Gasteiger partial charge in [-0.15, -0.1) is 0 Å². The van der Waals surface area contributed by atoms with Gasteiger partial charge in [-0.2, -0.15) is 0 Å². The molecule has 0 spiro atoms. The maximum absolute atomic E-state index is 13.1. The largest absolute Gasteiger partial charge is 0.402 e. The fourth-order valence-electron chi connectivity index (χ4n) is 3.66. The summed E-state index contributed by atoms with van der Waals surface area (Å²) in [5.74, 6) is 1.08. The van der Waals surface area contributed by atoms with E-state index in [0.717, 1.165) is 43.1 Å². The topological polar surface area (TPSA) is 71.0 Å². The van der Waals surface area contributed by atoms with Crippen LogP contribution in [0.15, 0.2) is 4.99 Å². The highest BCUT2D eigenvalue weighted by Gasteiger charge is 2.53. The maximum atomic E-state index is 13.1. The molecule has 8 heteroatoms. The van der Waals surface area contributed by atoms with Crippen molar-refractivity contribution in [2.75, 3.05) is 27.3 Å². The van der Waals surface area contributed by atoms with E-state index in [1.807, 2.05) is 25.3 Å². The highest BCUT2D eigenvalue weighted by molar-refractivity contribution is 6.20. The molecule has 1 aromatic heterocycles. The van der Waals surface area contributed by atoms with Crippen LogP contribution in [0.5, 0.6) is 0 Å². The smallest absolute Gasteiger partial charge is 0.385 e. The highest BCUT2D eigenvalue weighted by Crippen LogP contribution is 2.35. The van der Waals surface area contributed by atoms with Crippen LogP contribution >= 0.6 is 0 Å². The van der Waals surface area contributed by atoms with Gasteiger partial charge in [0.1, 0.15) is 11.4 Å². The SMILES string of the molecule is CCCCN1C(=O)C2C(=Nc3n2c(C)c(C)[n+]3CCCOC)N(C)C1=O. The molecule has 1 fully saturated rings. The second-order valence-corrected chi connectivity index (χ2v) is 6.90. The molecule has 0 saturated carbocycles. The molecule has 142 valence electrons. The molecule has 1 atom stereocenters. The van der Waals surface area contributed by atoms with Crippen LogP contribution in [0, 0.1) is 13.8 Å². The standard InChI is InChI=1S/C18H28N5O3/c1-6-7-9-22-16(24)14-15(20(4)18(22)25)19-17-21(10-8-11-26-5)12(2)13(3)23(14)17/h14H,6-11H2,1-5H3/q+1. The van der Waals surface area contributed by atoms with E-state index in [1.54, 1.807) is 14.2 Å². The number of imidazole rings is 1. The Hall–Kier alpha value is -2.22. The van der Waals surface area contributed by atoms with Crippen LogP contribution in [0.2, 0.25) is 0 Å². The molecule has 1 saturated heterocycles. The molecule has 2 aliphatic heterocycles. The summed E-state index contributed by atoms with van der Waals surface area (Å²) in [6.45, 7) is 7.97. The molecule has 0 bridgehead atoms. The number of aromatic nitrogens is 2. The van der Waals surface area contributed by atoms with Gasteiger partial charge in [-0.1, -0.05) is 18.3 Å². The number of methoxy groups -OCH3 is 1. The molecule has 1 aromatic rings. The van der Waals surface area contributed by atoms with E-state index in [4.69, 9.17) is 4.74 Å². The van der Waals surface area contributed by atoms with Crippen molar-refractivity contribution in [3.8, 4) is 0 Å². The van der Waals surface area contributed by atoms with Crippen molar-refractivity contribution in [3.05, 3.63) is 11.4 Å². The Morgan fingerprint density at radius 1 is 1.23 bits per heavy atom. The quantitative estimate of drug-likeness (QED) is 0.548. The zero-order valence-electron chi connectivity index (χ0n) is 16.3. The summed E-state index contributed by atoms with van der Waals surface area (Å²) in [7, 11) is 3.38. The molecule has 2 aliphatic rings. The minimum atomic E-state index is -0.549. The number of rotatable bonds is 7. The van der Waals surface area contributed by atoms with Gasteiger partial charge in [-0.25, -0.2) is 13.9 Å². The summed E-state index contributed by atoms with van der Waals surface area (Å²) >= 11 is 0. The van der Waals surface area contributed by atoms with Gasteiger partial charge in [-0.3, -0.25) is 14.6 Å². The number of carbonyl (C=O) groups excluding carboxylic acids is 2. The van der Waals surface area contributed by atoms with Gasteiger partial charge in [0.25, 0.3) is 5.91 Å². The van der Waals surface area contributed by atoms with E-state index < -0.39 is 6.04 Å². The van der Waals surface area contributed by atoms with Crippen LogP contribution < -0.4 is 4.57 Å². The molecular weight excluding hydrogens is 334 g/mol. The zero-order chi connectivity index (χ0) is 19.0. The number of ether oxygens (including phenoxy) is 1. The second-order valence-electron chi connectivity index (χ2n) is 6.90. The summed E-state index contributed by atoms with van der Waals surface area (Å²) in [5, 5.41) is 0. The third kappa shape index (κ3) is 2.72. The molecule has 0 aliphatic carbocycles. The number of carbonyl (C=O) groups is 2. The van der Waals surface area contributed by atoms with Crippen LogP contribution in [0.25, 0.3) is 0 Å². The second kappa shape index (κ2) is 7.19. The molecule has 1 unspecified atom stereocenters. The molecule has 0 N–H and O–H groups in total. The Bertz CT molecular complexity index is 767. The van der Waals surface area contributed by atoms with Crippen molar-refractivity contribution >= 4 is 23.7 Å². The molecule has 3 heterocycles. The van der Waals surface area contributed by atoms with Gasteiger partial charge in [0.05, 0.1) is 6.54 Å². The number of amides is 3. The number of aliphatic imine (C=N–C) groups is 1. The van der Waals surface area contributed by atoms with Gasteiger partial charge in [0.2, 0.25) is 11.9 Å². The Labute approximate surface area is 154 Å². The van der Waals surface area contributed by atoms with Crippen molar-refractivity contribution in [3.63, 3.8) is 0 Å². The van der Waals surface area contributed by atoms with Crippen LogP contribution in [-0.2, 0) is 16.1 Å². The van der Waals surface area contributed by atoms with Crippen molar-refractivity contribution in [1.82, 2.24) is 14.4 Å². The number of urea groups is 1. The highest BCUT2D eigenvalue weighted by atomic mass is 16.5. The molecule has 0 aromatic carbocycles. The van der Waals surface area contributed by atoms with Gasteiger partial charge < -0.3 is 4.74 Å². The number of hydrogen-bond donors (Lipinski definition) is 0. The third-order valence-electron chi connectivity index (χ3n) is 5.29. The van der Waals surface area contributed by atoms with Crippen LogP contribution in [0.3, 0.4) is 0 Å². The summed E-state index contributed by atoms with van der Waals surface area (Å²) in [4.78, 5) is 33.3. The predicted octanol–water partition coefficient (Wildman–Crippen LogP) is 1.71. The maximum Gasteiger partial charge on any atom is 0.402 e. The Kier molecular flexibility index (Phi) is 5.13. The molecule has 26 heavy (non-hydrogen) atoms. The number of nitrogens with zero attached hydrogens (tertiary/aromatic N) is 5. The summed E-state index contributed by atoms with van der Waals surface area (Å²) < 4.78 is 9.24. The lowest BCUT2D eigenvalue weighted by Gasteiger charge is -2.33. The normalized spacial score (nSPS) is 19.1. The Morgan fingerprint density at radius 2 is 1.96 bits per heavy atom. The van der Waals surface area contributed by atoms with Gasteiger partial charge in [-0.05, 0) is 20.3 Å². The first kappa shape index (κ1) is 18.6. The fraction of sp³-hybridized carbons (Fsp3) is 0.667. The number of imide groups is 1. The monoisotopic (exact) mass is 362 g/mol. The number of likely N-dealkylation sites (N-methyl/N-ethyl adjacent to an activating group) is 1. The first-order chi connectivity index (χ1) is 12.4. The summed E-state index contributed by atoms with van der Waals surface area (Å²) in [5.41, 5.74) is 2.10. The van der Waals surface area contributed by atoms with Gasteiger partial charge in [0.15, 0.2) is 0 Å². The van der Waals surface area contributed by atoms with Crippen molar-refractivity contribution in [1.29, 1.82) is 0 Å². The first-order valence-corrected chi connectivity index (χ1v) is 9.21. The summed E-state index contributed by atoms with van der Waals surface area (Å²) in [6.07, 6.45) is 2.59. The van der Waals surface area contributed by atoms with E-state index in [9.17, 15) is 9.59 Å². The van der Waals surface area contributed by atoms with E-state index in [-0.39, 0.29) is 11.9 Å². The predicted molar refractivity (Wildman–Crippen MR) is 96.5 cm³/mol. The Morgan fingerprint density at radius 3 is 2.62 bits per heavy atom. The minimum Gasteiger partial charge on any atom is -0.385 e. The molecule has 3 rings (SSSR count). The molecule has 3 amide bonds. The van der Waals surface area contributed by atoms with Crippen molar-refractivity contribution in [2.24, 2.45) is 4.99 Å². The van der Waals surface area contributed by atoms with Crippen molar-refractivity contribution < 1.29 is 18.9 Å². The van der Waals surface area contributed by atoms with Gasteiger partial charge >= 0.3 is 12.0 Å². The number of amidine groups is 1. The lowest BCUT2D eigenvalue weighted by Crippen LogP contribution is -2.57. The molecule has 0 radical (unpaired) electrons. The lowest BCUT2D eigenvalue weighted by molar-refractivity contribution is -0.689. The lowest BCUT2D eigenvalue weighted by atomic mass is 10.1. The number of unbranched alkanes of at least 4 members (excludes halogenated alkanes) is 1. The number of hydrogen-bond acceptors (Lipinski definition) is 4. The third-order valence-corrected chi connectivity index (χ3v) is 5.29. The van der Waals surface area contributed by atoms with Crippen LogP contribution in [0.1, 0.15) is 43.6 Å². The van der Waals surface area contributed by atoms with E-state index in [2.05, 4.69) is 9.56 Å². The van der Waals surface area contributed by atoms with E-state index in [0.29, 0.717) is 19.0 Å². The van der Waals surface area contributed by atoms with Crippen LogP contribution in [0.4, 0.5) is 10.7 Å². The van der Waals surface area contributed by atoms with Crippen LogP contribution in [-0.4, -0.2) is 59.4 Å². The van der Waals surface area contributed by atoms with E-state index in [1.165, 1.54) is 9.80 Å². The number of fused-ring (bicyclic) bond motifs is 3. The summed E-state index contributed by atoms with van der Waals surface area (Å²) in [6, 6.07) is -0.837.